The summed E-state index contributed by atoms with van der Waals surface area (Å²) < 4.78 is 37.7. The maximum atomic E-state index is 12.6. The monoisotopic (exact) mass is 286 g/mol. The summed E-state index contributed by atoms with van der Waals surface area (Å²) in [4.78, 5) is 11.8. The molecule has 110 valence electrons. The molecule has 1 aromatic rings. The Morgan fingerprint density at radius 3 is 2.55 bits per heavy atom. The average molecular weight is 286 g/mol. The van der Waals surface area contributed by atoms with Gasteiger partial charge in [-0.2, -0.15) is 13.2 Å². The number of nitrogens with one attached hydrogen (secondary N) is 2. The predicted molar refractivity (Wildman–Crippen MR) is 70.6 cm³/mol. The Morgan fingerprint density at radius 2 is 2.00 bits per heavy atom. The van der Waals surface area contributed by atoms with E-state index in [-0.39, 0.29) is 5.91 Å². The summed E-state index contributed by atoms with van der Waals surface area (Å²) in [6.45, 7) is 3.52. The minimum Gasteiger partial charge on any atom is -0.325 e. The molecule has 1 aromatic carbocycles. The molecule has 6 heteroatoms. The third kappa shape index (κ3) is 2.65. The second kappa shape index (κ2) is 4.77. The van der Waals surface area contributed by atoms with Crippen molar-refractivity contribution in [2.45, 2.75) is 37.9 Å². The summed E-state index contributed by atoms with van der Waals surface area (Å²) in [5.41, 5.74) is 1.23. The van der Waals surface area contributed by atoms with E-state index in [0.717, 1.165) is 5.56 Å². The maximum absolute atomic E-state index is 12.6. The first-order valence-corrected chi connectivity index (χ1v) is 6.35. The normalized spacial score (nSPS) is 18.6. The van der Waals surface area contributed by atoms with Crippen molar-refractivity contribution >= 4 is 11.6 Å². The summed E-state index contributed by atoms with van der Waals surface area (Å²) in [6, 6.07) is 4.15. The summed E-state index contributed by atoms with van der Waals surface area (Å²) in [5.74, 6) is -0.138. The summed E-state index contributed by atoms with van der Waals surface area (Å²) >= 11 is 0. The van der Waals surface area contributed by atoms with Crippen LogP contribution in [0.25, 0.3) is 0 Å². The number of hydrogen-bond acceptors (Lipinski definition) is 2. The van der Waals surface area contributed by atoms with Gasteiger partial charge in [-0.3, -0.25) is 4.79 Å². The Kier molecular flexibility index (Phi) is 3.54. The molecule has 3 nitrogen and oxygen atoms in total. The van der Waals surface area contributed by atoms with Crippen molar-refractivity contribution in [1.82, 2.24) is 5.32 Å². The van der Waals surface area contributed by atoms with Crippen LogP contribution >= 0.6 is 0 Å². The SMILES string of the molecule is CNC(CC(F)(F)F)c1ccc2c(c1)C(C)(C)C(=O)N2. The summed E-state index contributed by atoms with van der Waals surface area (Å²) in [5, 5.41) is 5.42. The Bertz CT molecular complexity index is 538. The number of carbonyl (C=O) groups excluding carboxylic acids is 1. The van der Waals surface area contributed by atoms with E-state index < -0.39 is 24.1 Å². The molecule has 0 fully saturated rings. The van der Waals surface area contributed by atoms with Crippen LogP contribution in [0.15, 0.2) is 18.2 Å². The van der Waals surface area contributed by atoms with Crippen LogP contribution < -0.4 is 10.6 Å². The Hall–Kier alpha value is -1.56. The number of rotatable bonds is 3. The molecule has 0 aliphatic carbocycles. The number of anilines is 1. The molecule has 1 aliphatic heterocycles. The maximum Gasteiger partial charge on any atom is 0.390 e. The van der Waals surface area contributed by atoms with Gasteiger partial charge in [-0.25, -0.2) is 0 Å². The Morgan fingerprint density at radius 1 is 1.35 bits per heavy atom. The van der Waals surface area contributed by atoms with Crippen molar-refractivity contribution in [2.24, 2.45) is 0 Å². The standard InChI is InChI=1S/C14H17F3N2O/c1-13(2)9-6-8(4-5-10(9)19-12(13)20)11(18-3)7-14(15,16)17/h4-6,11,18H,7H2,1-3H3,(H,19,20). The van der Waals surface area contributed by atoms with E-state index in [1.807, 2.05) is 0 Å². The topological polar surface area (TPSA) is 41.1 Å². The predicted octanol–water partition coefficient (Wildman–Crippen LogP) is 3.13. The lowest BCUT2D eigenvalue weighted by atomic mass is 9.84. The van der Waals surface area contributed by atoms with Gasteiger partial charge < -0.3 is 10.6 Å². The van der Waals surface area contributed by atoms with Gasteiger partial charge >= 0.3 is 6.18 Å². The van der Waals surface area contributed by atoms with Crippen LogP contribution in [0.4, 0.5) is 18.9 Å². The molecule has 0 aromatic heterocycles. The van der Waals surface area contributed by atoms with Crippen molar-refractivity contribution < 1.29 is 18.0 Å². The Labute approximate surface area is 115 Å². The zero-order valence-corrected chi connectivity index (χ0v) is 11.6. The van der Waals surface area contributed by atoms with Crippen LogP contribution in [0.5, 0.6) is 0 Å². The molecule has 0 saturated heterocycles. The van der Waals surface area contributed by atoms with Gasteiger partial charge in [0.25, 0.3) is 0 Å². The lowest BCUT2D eigenvalue weighted by Gasteiger charge is -2.21. The van der Waals surface area contributed by atoms with E-state index in [4.69, 9.17) is 0 Å². The fourth-order valence-electron chi connectivity index (χ4n) is 2.42. The fraction of sp³-hybridized carbons (Fsp3) is 0.500. The van der Waals surface area contributed by atoms with Crippen LogP contribution in [0.3, 0.4) is 0 Å². The molecule has 1 aliphatic rings. The molecule has 2 rings (SSSR count). The van der Waals surface area contributed by atoms with Gasteiger partial charge in [-0.05, 0) is 38.1 Å². The lowest BCUT2D eigenvalue weighted by molar-refractivity contribution is -0.140. The molecule has 1 amide bonds. The highest BCUT2D eigenvalue weighted by Gasteiger charge is 2.39. The van der Waals surface area contributed by atoms with Gasteiger partial charge in [-0.1, -0.05) is 12.1 Å². The molecular weight excluding hydrogens is 269 g/mol. The van der Waals surface area contributed by atoms with Gasteiger partial charge in [0.1, 0.15) is 0 Å². The number of amides is 1. The average Bonchev–Trinajstić information content (AvgIpc) is 2.56. The van der Waals surface area contributed by atoms with Crippen molar-refractivity contribution in [3.8, 4) is 0 Å². The molecule has 0 radical (unpaired) electrons. The first-order chi connectivity index (χ1) is 9.15. The number of fused-ring (bicyclic) bond motifs is 1. The zero-order valence-electron chi connectivity index (χ0n) is 11.6. The molecule has 1 atom stereocenters. The number of alkyl halides is 3. The van der Waals surface area contributed by atoms with Crippen molar-refractivity contribution in [1.29, 1.82) is 0 Å². The highest BCUT2D eigenvalue weighted by atomic mass is 19.4. The molecule has 1 heterocycles. The van der Waals surface area contributed by atoms with Gasteiger partial charge in [0.05, 0.1) is 11.8 Å². The van der Waals surface area contributed by atoms with Crippen molar-refractivity contribution in [2.75, 3.05) is 12.4 Å². The van der Waals surface area contributed by atoms with E-state index in [0.29, 0.717) is 11.3 Å². The fourth-order valence-corrected chi connectivity index (χ4v) is 2.42. The van der Waals surface area contributed by atoms with Crippen molar-refractivity contribution in [3.05, 3.63) is 29.3 Å². The van der Waals surface area contributed by atoms with Crippen LogP contribution in [-0.2, 0) is 10.2 Å². The number of hydrogen-bond donors (Lipinski definition) is 2. The van der Waals surface area contributed by atoms with E-state index in [2.05, 4.69) is 10.6 Å². The van der Waals surface area contributed by atoms with E-state index in [1.165, 1.54) is 7.05 Å². The molecule has 2 N–H and O–H groups in total. The summed E-state index contributed by atoms with van der Waals surface area (Å²) in [6.07, 6.45) is -5.18. The van der Waals surface area contributed by atoms with Crippen LogP contribution in [0.1, 0.15) is 37.4 Å². The molecule has 1 unspecified atom stereocenters. The quantitative estimate of drug-likeness (QED) is 0.896. The van der Waals surface area contributed by atoms with Gasteiger partial charge in [0.2, 0.25) is 5.91 Å². The van der Waals surface area contributed by atoms with Crippen molar-refractivity contribution in [3.63, 3.8) is 0 Å². The molecule has 20 heavy (non-hydrogen) atoms. The van der Waals surface area contributed by atoms with Gasteiger partial charge in [0.15, 0.2) is 0 Å². The number of benzene rings is 1. The third-order valence-electron chi connectivity index (χ3n) is 3.72. The van der Waals surface area contributed by atoms with Crippen LogP contribution in [0, 0.1) is 0 Å². The Balaban J connectivity index is 2.36. The highest BCUT2D eigenvalue weighted by Crippen LogP contribution is 2.39. The second-order valence-electron chi connectivity index (χ2n) is 5.54. The third-order valence-corrected chi connectivity index (χ3v) is 3.72. The zero-order chi connectivity index (χ0) is 15.1. The first kappa shape index (κ1) is 14.8. The smallest absolute Gasteiger partial charge is 0.325 e. The van der Waals surface area contributed by atoms with E-state index in [1.54, 1.807) is 32.0 Å². The molecule has 0 saturated carbocycles. The highest BCUT2D eigenvalue weighted by molar-refractivity contribution is 6.05. The lowest BCUT2D eigenvalue weighted by Crippen LogP contribution is -2.27. The molecule has 0 spiro atoms. The van der Waals surface area contributed by atoms with Crippen LogP contribution in [0.2, 0.25) is 0 Å². The summed E-state index contributed by atoms with van der Waals surface area (Å²) in [7, 11) is 1.50. The van der Waals surface area contributed by atoms with E-state index in [9.17, 15) is 18.0 Å². The number of carbonyl (C=O) groups is 1. The molecular formula is C14H17F3N2O. The minimum atomic E-state index is -4.24. The second-order valence-corrected chi connectivity index (χ2v) is 5.54. The molecule has 0 bridgehead atoms. The largest absolute Gasteiger partial charge is 0.390 e. The first-order valence-electron chi connectivity index (χ1n) is 6.35. The van der Waals surface area contributed by atoms with Gasteiger partial charge in [-0.15, -0.1) is 0 Å². The van der Waals surface area contributed by atoms with E-state index >= 15 is 0 Å². The van der Waals surface area contributed by atoms with Crippen LogP contribution in [-0.4, -0.2) is 19.1 Å². The number of halogens is 3. The van der Waals surface area contributed by atoms with Gasteiger partial charge in [0, 0.05) is 11.7 Å². The minimum absolute atomic E-state index is 0.138.